The predicted octanol–water partition coefficient (Wildman–Crippen LogP) is 1.02. The van der Waals surface area contributed by atoms with E-state index in [1.54, 1.807) is 24.3 Å². The molecule has 0 radical (unpaired) electrons. The molecule has 1 aliphatic heterocycles. The SMILES string of the molecule is Cc1cc(NC(=O)CN2CCN(C(=O)Cc3cn4ccsc4n3)CC2)no1. The second-order valence-electron chi connectivity index (χ2n) is 6.53. The lowest BCUT2D eigenvalue weighted by Gasteiger charge is -2.34. The maximum Gasteiger partial charge on any atom is 0.239 e. The zero-order chi connectivity index (χ0) is 18.8. The van der Waals surface area contributed by atoms with Crippen molar-refractivity contribution in [3.05, 3.63) is 35.3 Å². The molecule has 0 bridgehead atoms. The molecule has 1 N–H and O–H groups in total. The first-order valence-electron chi connectivity index (χ1n) is 8.71. The summed E-state index contributed by atoms with van der Waals surface area (Å²) in [5.74, 6) is 1.00. The Bertz CT molecular complexity index is 924. The molecule has 1 fully saturated rings. The molecule has 4 rings (SSSR count). The molecule has 4 heterocycles. The first-order valence-corrected chi connectivity index (χ1v) is 9.59. The molecule has 1 aliphatic rings. The van der Waals surface area contributed by atoms with Gasteiger partial charge in [0.15, 0.2) is 10.8 Å². The highest BCUT2D eigenvalue weighted by Gasteiger charge is 2.23. The first kappa shape index (κ1) is 17.7. The van der Waals surface area contributed by atoms with Crippen molar-refractivity contribution in [2.75, 3.05) is 38.0 Å². The fourth-order valence-corrected chi connectivity index (χ4v) is 3.81. The Labute approximate surface area is 159 Å². The molecular weight excluding hydrogens is 368 g/mol. The number of fused-ring (bicyclic) bond motifs is 1. The maximum atomic E-state index is 12.5. The van der Waals surface area contributed by atoms with Gasteiger partial charge in [-0.2, -0.15) is 0 Å². The van der Waals surface area contributed by atoms with Crippen LogP contribution in [0.25, 0.3) is 4.96 Å². The standard InChI is InChI=1S/C17H20N6O3S/c1-12-8-14(20-26-12)19-15(24)11-21-2-4-22(5-3-21)16(25)9-13-10-23-6-7-27-17(23)18-13/h6-8,10H,2-5,9,11H2,1H3,(H,19,20,24). The minimum absolute atomic E-state index is 0.0722. The number of aromatic nitrogens is 3. The smallest absolute Gasteiger partial charge is 0.239 e. The van der Waals surface area contributed by atoms with Crippen LogP contribution in [0.2, 0.25) is 0 Å². The number of hydrogen-bond donors (Lipinski definition) is 1. The summed E-state index contributed by atoms with van der Waals surface area (Å²) in [5, 5.41) is 8.43. The first-order chi connectivity index (χ1) is 13.1. The van der Waals surface area contributed by atoms with E-state index in [1.807, 2.05) is 32.0 Å². The van der Waals surface area contributed by atoms with Crippen molar-refractivity contribution in [2.24, 2.45) is 0 Å². The van der Waals surface area contributed by atoms with Gasteiger partial charge in [-0.1, -0.05) is 5.16 Å². The van der Waals surface area contributed by atoms with E-state index in [0.29, 0.717) is 44.2 Å². The number of nitrogens with one attached hydrogen (secondary N) is 1. The number of rotatable bonds is 5. The molecule has 0 unspecified atom stereocenters. The molecular formula is C17H20N6O3S. The van der Waals surface area contributed by atoms with Crippen LogP contribution in [-0.2, 0) is 16.0 Å². The van der Waals surface area contributed by atoms with Gasteiger partial charge in [0, 0.05) is 50.0 Å². The van der Waals surface area contributed by atoms with Gasteiger partial charge in [-0.3, -0.25) is 18.9 Å². The second kappa shape index (κ2) is 7.49. The average Bonchev–Trinajstić information content (AvgIpc) is 3.32. The summed E-state index contributed by atoms with van der Waals surface area (Å²) in [4.78, 5) is 33.8. The molecule has 1 saturated heterocycles. The summed E-state index contributed by atoms with van der Waals surface area (Å²) in [7, 11) is 0. The third-order valence-electron chi connectivity index (χ3n) is 4.46. The van der Waals surface area contributed by atoms with Gasteiger partial charge in [0.05, 0.1) is 18.7 Å². The molecule has 142 valence electrons. The Morgan fingerprint density at radius 1 is 1.30 bits per heavy atom. The van der Waals surface area contributed by atoms with Crippen LogP contribution in [0.4, 0.5) is 5.82 Å². The van der Waals surface area contributed by atoms with Crippen molar-refractivity contribution in [1.29, 1.82) is 0 Å². The lowest BCUT2D eigenvalue weighted by atomic mass is 10.2. The quantitative estimate of drug-likeness (QED) is 0.701. The van der Waals surface area contributed by atoms with Gasteiger partial charge >= 0.3 is 0 Å². The zero-order valence-corrected chi connectivity index (χ0v) is 15.7. The summed E-state index contributed by atoms with van der Waals surface area (Å²) < 4.78 is 6.86. The topological polar surface area (TPSA) is 96.0 Å². The van der Waals surface area contributed by atoms with E-state index in [4.69, 9.17) is 4.52 Å². The molecule has 0 spiro atoms. The Kier molecular flexibility index (Phi) is 4.90. The fourth-order valence-electron chi connectivity index (χ4n) is 3.09. The van der Waals surface area contributed by atoms with Crippen molar-refractivity contribution in [1.82, 2.24) is 24.3 Å². The lowest BCUT2D eigenvalue weighted by Crippen LogP contribution is -2.50. The summed E-state index contributed by atoms with van der Waals surface area (Å²) in [6, 6.07) is 1.68. The van der Waals surface area contributed by atoms with E-state index in [0.717, 1.165) is 10.7 Å². The second-order valence-corrected chi connectivity index (χ2v) is 7.40. The number of carbonyl (C=O) groups excluding carboxylic acids is 2. The van der Waals surface area contributed by atoms with Gasteiger partial charge in [-0.05, 0) is 6.92 Å². The Morgan fingerprint density at radius 3 is 2.81 bits per heavy atom. The minimum Gasteiger partial charge on any atom is -0.360 e. The van der Waals surface area contributed by atoms with Crippen LogP contribution < -0.4 is 5.32 Å². The lowest BCUT2D eigenvalue weighted by molar-refractivity contribution is -0.132. The molecule has 0 atom stereocenters. The summed E-state index contributed by atoms with van der Waals surface area (Å²) in [6.45, 7) is 4.58. The zero-order valence-electron chi connectivity index (χ0n) is 14.9. The number of amides is 2. The van der Waals surface area contributed by atoms with Crippen molar-refractivity contribution in [3.63, 3.8) is 0 Å². The van der Waals surface area contributed by atoms with Crippen molar-refractivity contribution < 1.29 is 14.1 Å². The number of imidazole rings is 1. The highest BCUT2D eigenvalue weighted by molar-refractivity contribution is 7.15. The van der Waals surface area contributed by atoms with Gasteiger partial charge in [-0.25, -0.2) is 4.98 Å². The van der Waals surface area contributed by atoms with Gasteiger partial charge < -0.3 is 14.7 Å². The molecule has 0 saturated carbocycles. The highest BCUT2D eigenvalue weighted by Crippen LogP contribution is 2.13. The van der Waals surface area contributed by atoms with Crippen LogP contribution >= 0.6 is 11.3 Å². The molecule has 2 amide bonds. The predicted molar refractivity (Wildman–Crippen MR) is 99.7 cm³/mol. The van der Waals surface area contributed by atoms with E-state index in [2.05, 4.69) is 15.5 Å². The van der Waals surface area contributed by atoms with E-state index in [1.165, 1.54) is 0 Å². The van der Waals surface area contributed by atoms with Crippen LogP contribution in [0, 0.1) is 6.92 Å². The van der Waals surface area contributed by atoms with Crippen LogP contribution in [0.1, 0.15) is 11.5 Å². The third kappa shape index (κ3) is 4.17. The fraction of sp³-hybridized carbons (Fsp3) is 0.412. The van der Waals surface area contributed by atoms with Crippen molar-refractivity contribution >= 4 is 33.9 Å². The van der Waals surface area contributed by atoms with Gasteiger partial charge in [0.2, 0.25) is 11.8 Å². The van der Waals surface area contributed by atoms with Gasteiger partial charge in [0.1, 0.15) is 5.76 Å². The Hall–Kier alpha value is -2.72. The van der Waals surface area contributed by atoms with Gasteiger partial charge in [-0.15, -0.1) is 11.3 Å². The average molecular weight is 388 g/mol. The molecule has 0 aliphatic carbocycles. The number of hydrogen-bond acceptors (Lipinski definition) is 7. The van der Waals surface area contributed by atoms with Crippen molar-refractivity contribution in [2.45, 2.75) is 13.3 Å². The van der Waals surface area contributed by atoms with Crippen LogP contribution in [0.15, 0.2) is 28.4 Å². The largest absolute Gasteiger partial charge is 0.360 e. The monoisotopic (exact) mass is 388 g/mol. The number of nitrogens with zero attached hydrogens (tertiary/aromatic N) is 5. The number of thiazole rings is 1. The van der Waals surface area contributed by atoms with Crippen molar-refractivity contribution in [3.8, 4) is 0 Å². The molecule has 3 aromatic rings. The maximum absolute atomic E-state index is 12.5. The molecule has 9 nitrogen and oxygen atoms in total. The van der Waals surface area contributed by atoms with E-state index in [-0.39, 0.29) is 18.4 Å². The molecule has 27 heavy (non-hydrogen) atoms. The number of piperazine rings is 1. The summed E-state index contributed by atoms with van der Waals surface area (Å²) in [5.41, 5.74) is 0.788. The summed E-state index contributed by atoms with van der Waals surface area (Å²) in [6.07, 6.45) is 4.14. The van der Waals surface area contributed by atoms with Crippen LogP contribution in [0.3, 0.4) is 0 Å². The highest BCUT2D eigenvalue weighted by atomic mass is 32.1. The number of anilines is 1. The normalized spacial score (nSPS) is 15.4. The van der Waals surface area contributed by atoms with Crippen LogP contribution in [-0.4, -0.2) is 68.9 Å². The molecule has 3 aromatic heterocycles. The minimum atomic E-state index is -0.138. The summed E-state index contributed by atoms with van der Waals surface area (Å²) >= 11 is 1.55. The molecule has 0 aromatic carbocycles. The number of aryl methyl sites for hydroxylation is 1. The van der Waals surface area contributed by atoms with E-state index < -0.39 is 0 Å². The van der Waals surface area contributed by atoms with Gasteiger partial charge in [0.25, 0.3) is 0 Å². The molecule has 10 heteroatoms. The van der Waals surface area contributed by atoms with Crippen LogP contribution in [0.5, 0.6) is 0 Å². The third-order valence-corrected chi connectivity index (χ3v) is 5.23. The number of carbonyl (C=O) groups is 2. The van der Waals surface area contributed by atoms with E-state index in [9.17, 15) is 9.59 Å². The Balaban J connectivity index is 1.23. The van der Waals surface area contributed by atoms with E-state index >= 15 is 0 Å². The Morgan fingerprint density at radius 2 is 2.11 bits per heavy atom.